The Balaban J connectivity index is 0.000001000. The summed E-state index contributed by atoms with van der Waals surface area (Å²) in [7, 11) is 0. The number of hydrogen-bond donors (Lipinski definition) is 1. The molecule has 4 nitrogen and oxygen atoms in total. The van der Waals surface area contributed by atoms with Gasteiger partial charge in [0.1, 0.15) is 0 Å². The van der Waals surface area contributed by atoms with Crippen LogP contribution >= 0.6 is 24.8 Å². The third kappa shape index (κ3) is 4.20. The molecular weight excluding hydrogens is 295 g/mol. The monoisotopic (exact) mass is 314 g/mol. The van der Waals surface area contributed by atoms with E-state index in [0.717, 1.165) is 25.3 Å². The molecular formula is C14H20Cl2N4. The fraction of sp³-hybridized carbons (Fsp3) is 0.429. The van der Waals surface area contributed by atoms with E-state index in [-0.39, 0.29) is 24.8 Å². The smallest absolute Gasteiger partial charge is 0.0859 e. The Labute approximate surface area is 131 Å². The molecule has 0 aliphatic carbocycles. The summed E-state index contributed by atoms with van der Waals surface area (Å²) in [6.07, 6.45) is 4.44. The van der Waals surface area contributed by atoms with E-state index in [4.69, 9.17) is 0 Å². The molecule has 6 heteroatoms. The zero-order valence-electron chi connectivity index (χ0n) is 11.2. The second kappa shape index (κ2) is 8.25. The molecule has 0 atom stereocenters. The molecule has 2 aromatic rings. The molecule has 1 aliphatic heterocycles. The molecule has 0 unspecified atom stereocenters. The van der Waals surface area contributed by atoms with E-state index in [2.05, 4.69) is 46.1 Å². The van der Waals surface area contributed by atoms with Gasteiger partial charge in [0.15, 0.2) is 0 Å². The van der Waals surface area contributed by atoms with E-state index in [1.165, 1.54) is 18.4 Å². The molecule has 1 aromatic heterocycles. The van der Waals surface area contributed by atoms with Crippen LogP contribution in [0.4, 0.5) is 0 Å². The fourth-order valence-corrected chi connectivity index (χ4v) is 2.47. The van der Waals surface area contributed by atoms with E-state index in [1.807, 2.05) is 10.7 Å². The number of nitrogens with one attached hydrogen (secondary N) is 1. The Kier molecular flexibility index (Phi) is 6.99. The van der Waals surface area contributed by atoms with Gasteiger partial charge in [0, 0.05) is 12.1 Å². The summed E-state index contributed by atoms with van der Waals surface area (Å²) in [5, 5.41) is 11.9. The van der Waals surface area contributed by atoms with Gasteiger partial charge in [-0.15, -0.1) is 29.9 Å². The first-order valence-corrected chi connectivity index (χ1v) is 6.56. The highest BCUT2D eigenvalue weighted by molar-refractivity contribution is 5.85. The second-order valence-electron chi connectivity index (χ2n) is 4.85. The molecule has 0 radical (unpaired) electrons. The highest BCUT2D eigenvalue weighted by Gasteiger charge is 2.18. The molecule has 2 heterocycles. The van der Waals surface area contributed by atoms with Crippen LogP contribution < -0.4 is 5.32 Å². The van der Waals surface area contributed by atoms with Crippen molar-refractivity contribution < 1.29 is 0 Å². The van der Waals surface area contributed by atoms with Gasteiger partial charge in [-0.25, -0.2) is 4.68 Å². The van der Waals surface area contributed by atoms with Crippen molar-refractivity contribution in [3.63, 3.8) is 0 Å². The lowest BCUT2D eigenvalue weighted by atomic mass is 9.95. The molecule has 110 valence electrons. The largest absolute Gasteiger partial charge is 0.317 e. The molecule has 1 aromatic carbocycles. The number of piperidine rings is 1. The Morgan fingerprint density at radius 1 is 1.10 bits per heavy atom. The molecule has 1 saturated heterocycles. The lowest BCUT2D eigenvalue weighted by molar-refractivity contribution is 0.453. The normalized spacial score (nSPS) is 15.2. The Morgan fingerprint density at radius 2 is 1.80 bits per heavy atom. The van der Waals surface area contributed by atoms with Crippen molar-refractivity contribution in [2.45, 2.75) is 25.3 Å². The number of benzene rings is 1. The van der Waals surface area contributed by atoms with Gasteiger partial charge in [0.05, 0.1) is 12.2 Å². The summed E-state index contributed by atoms with van der Waals surface area (Å²) in [6, 6.07) is 10.4. The zero-order valence-corrected chi connectivity index (χ0v) is 12.9. The average molecular weight is 315 g/mol. The van der Waals surface area contributed by atoms with E-state index in [1.54, 1.807) is 0 Å². The van der Waals surface area contributed by atoms with Crippen LogP contribution in [0.15, 0.2) is 36.5 Å². The molecule has 0 saturated carbocycles. The molecule has 0 bridgehead atoms. The topological polar surface area (TPSA) is 42.7 Å². The Bertz CT molecular complexity index is 495. The van der Waals surface area contributed by atoms with Crippen LogP contribution in [0.1, 0.15) is 30.0 Å². The highest BCUT2D eigenvalue weighted by atomic mass is 35.5. The fourth-order valence-electron chi connectivity index (χ4n) is 2.47. The van der Waals surface area contributed by atoms with Gasteiger partial charge in [0.25, 0.3) is 0 Å². The maximum atomic E-state index is 4.32. The number of nitrogens with zero attached hydrogens (tertiary/aromatic N) is 3. The third-order valence-corrected chi connectivity index (χ3v) is 3.50. The first kappa shape index (κ1) is 17.0. The van der Waals surface area contributed by atoms with Crippen LogP contribution in [0.25, 0.3) is 0 Å². The van der Waals surface area contributed by atoms with Gasteiger partial charge in [-0.05, 0) is 31.5 Å². The van der Waals surface area contributed by atoms with E-state index < -0.39 is 0 Å². The van der Waals surface area contributed by atoms with Crippen molar-refractivity contribution in [1.82, 2.24) is 20.3 Å². The quantitative estimate of drug-likeness (QED) is 0.947. The van der Waals surface area contributed by atoms with Gasteiger partial charge in [0.2, 0.25) is 0 Å². The SMILES string of the molecule is Cl.Cl.c1ccc(Cn2cc(C3CCNCC3)nn2)cc1. The summed E-state index contributed by atoms with van der Waals surface area (Å²) in [5.41, 5.74) is 2.41. The molecule has 20 heavy (non-hydrogen) atoms. The number of aromatic nitrogens is 3. The van der Waals surface area contributed by atoms with E-state index in [0.29, 0.717) is 5.92 Å². The van der Waals surface area contributed by atoms with Crippen molar-refractivity contribution >= 4 is 24.8 Å². The number of hydrogen-bond acceptors (Lipinski definition) is 3. The van der Waals surface area contributed by atoms with E-state index in [9.17, 15) is 0 Å². The Hall–Kier alpha value is -1.10. The Morgan fingerprint density at radius 3 is 2.50 bits per heavy atom. The molecule has 0 amide bonds. The first-order valence-electron chi connectivity index (χ1n) is 6.56. The van der Waals surface area contributed by atoms with Gasteiger partial charge < -0.3 is 5.32 Å². The standard InChI is InChI=1S/C14H18N4.2ClH/c1-2-4-12(5-3-1)10-18-11-14(16-17-18)13-6-8-15-9-7-13;;/h1-5,11,13,15H,6-10H2;2*1H. The van der Waals surface area contributed by atoms with Crippen LogP contribution in [0.3, 0.4) is 0 Å². The molecule has 1 fully saturated rings. The molecule has 1 N–H and O–H groups in total. The minimum absolute atomic E-state index is 0. The summed E-state index contributed by atoms with van der Waals surface area (Å²) in [5.74, 6) is 0.579. The lowest BCUT2D eigenvalue weighted by Crippen LogP contribution is -2.26. The van der Waals surface area contributed by atoms with Crippen LogP contribution in [-0.2, 0) is 6.54 Å². The zero-order chi connectivity index (χ0) is 12.2. The maximum absolute atomic E-state index is 4.32. The number of halogens is 2. The van der Waals surface area contributed by atoms with Crippen LogP contribution in [-0.4, -0.2) is 28.1 Å². The van der Waals surface area contributed by atoms with E-state index >= 15 is 0 Å². The summed E-state index contributed by atoms with van der Waals surface area (Å²) in [4.78, 5) is 0. The molecule has 3 rings (SSSR count). The predicted molar refractivity (Wildman–Crippen MR) is 84.9 cm³/mol. The minimum atomic E-state index is 0. The van der Waals surface area contributed by atoms with Crippen LogP contribution in [0.2, 0.25) is 0 Å². The summed E-state index contributed by atoms with van der Waals surface area (Å²) in [6.45, 7) is 2.99. The van der Waals surface area contributed by atoms with Gasteiger partial charge in [-0.3, -0.25) is 0 Å². The van der Waals surface area contributed by atoms with Crippen molar-refractivity contribution in [1.29, 1.82) is 0 Å². The van der Waals surface area contributed by atoms with Gasteiger partial charge >= 0.3 is 0 Å². The van der Waals surface area contributed by atoms with Crippen molar-refractivity contribution in [2.24, 2.45) is 0 Å². The van der Waals surface area contributed by atoms with Gasteiger partial charge in [-0.2, -0.15) is 0 Å². The molecule has 1 aliphatic rings. The predicted octanol–water partition coefficient (Wildman–Crippen LogP) is 2.64. The lowest BCUT2D eigenvalue weighted by Gasteiger charge is -2.20. The average Bonchev–Trinajstić information content (AvgIpc) is 2.89. The van der Waals surface area contributed by atoms with Crippen LogP contribution in [0, 0.1) is 0 Å². The summed E-state index contributed by atoms with van der Waals surface area (Å²) < 4.78 is 1.94. The highest BCUT2D eigenvalue weighted by Crippen LogP contribution is 2.22. The first-order chi connectivity index (χ1) is 8.92. The molecule has 0 spiro atoms. The van der Waals surface area contributed by atoms with Crippen molar-refractivity contribution in [3.05, 3.63) is 47.8 Å². The second-order valence-corrected chi connectivity index (χ2v) is 4.85. The van der Waals surface area contributed by atoms with Crippen molar-refractivity contribution in [3.8, 4) is 0 Å². The third-order valence-electron chi connectivity index (χ3n) is 3.50. The van der Waals surface area contributed by atoms with Crippen molar-refractivity contribution in [2.75, 3.05) is 13.1 Å². The summed E-state index contributed by atoms with van der Waals surface area (Å²) >= 11 is 0. The van der Waals surface area contributed by atoms with Crippen LogP contribution in [0.5, 0.6) is 0 Å². The number of rotatable bonds is 3. The van der Waals surface area contributed by atoms with Gasteiger partial charge in [-0.1, -0.05) is 35.5 Å². The minimum Gasteiger partial charge on any atom is -0.317 e. The maximum Gasteiger partial charge on any atom is 0.0859 e.